The van der Waals surface area contributed by atoms with Crippen LogP contribution in [-0.2, 0) is 14.3 Å². The summed E-state index contributed by atoms with van der Waals surface area (Å²) in [6, 6.07) is -0.188. The molecule has 2 saturated heterocycles. The monoisotopic (exact) mass is 264 g/mol. The molecule has 2 heterocycles. The quantitative estimate of drug-likeness (QED) is 0.726. The van der Waals surface area contributed by atoms with Crippen molar-refractivity contribution < 1.29 is 14.3 Å². The molecule has 0 aliphatic carbocycles. The largest absolute Gasteiger partial charge is 0.380 e. The fourth-order valence-electron chi connectivity index (χ4n) is 2.17. The van der Waals surface area contributed by atoms with E-state index in [0.717, 1.165) is 26.1 Å². The van der Waals surface area contributed by atoms with Crippen LogP contribution in [0.2, 0.25) is 0 Å². The van der Waals surface area contributed by atoms with Crippen molar-refractivity contribution in [1.82, 2.24) is 10.2 Å². The van der Waals surface area contributed by atoms with E-state index in [1.165, 1.54) is 0 Å². The van der Waals surface area contributed by atoms with Crippen molar-refractivity contribution in [3.8, 4) is 0 Å². The van der Waals surface area contributed by atoms with Gasteiger partial charge in [-0.2, -0.15) is 0 Å². The lowest BCUT2D eigenvalue weighted by molar-refractivity contribution is -0.139. The molecule has 0 aromatic carbocycles. The minimum Gasteiger partial charge on any atom is -0.380 e. The molecule has 0 saturated carbocycles. The normalized spacial score (nSPS) is 30.3. The maximum Gasteiger partial charge on any atom is 0.242 e. The van der Waals surface area contributed by atoms with Gasteiger partial charge in [0.05, 0.1) is 19.3 Å². The van der Waals surface area contributed by atoms with Gasteiger partial charge >= 0.3 is 0 Å². The summed E-state index contributed by atoms with van der Waals surface area (Å²) >= 11 is 0. The molecular formula is C11H21ClN2O3. The van der Waals surface area contributed by atoms with Gasteiger partial charge in [-0.15, -0.1) is 12.4 Å². The van der Waals surface area contributed by atoms with E-state index in [0.29, 0.717) is 19.8 Å². The van der Waals surface area contributed by atoms with Gasteiger partial charge in [-0.05, 0) is 13.3 Å². The van der Waals surface area contributed by atoms with E-state index in [1.54, 1.807) is 0 Å². The van der Waals surface area contributed by atoms with Crippen LogP contribution in [0.1, 0.15) is 13.3 Å². The molecule has 2 rings (SSSR count). The van der Waals surface area contributed by atoms with Gasteiger partial charge in [-0.3, -0.25) is 4.79 Å². The molecule has 0 radical (unpaired) electrons. The van der Waals surface area contributed by atoms with Crippen LogP contribution in [0.4, 0.5) is 0 Å². The molecule has 6 heteroatoms. The van der Waals surface area contributed by atoms with Crippen LogP contribution >= 0.6 is 12.4 Å². The van der Waals surface area contributed by atoms with E-state index in [9.17, 15) is 4.79 Å². The Morgan fingerprint density at radius 3 is 2.88 bits per heavy atom. The molecule has 2 aliphatic rings. The van der Waals surface area contributed by atoms with Gasteiger partial charge in [0.1, 0.15) is 6.04 Å². The van der Waals surface area contributed by atoms with Gasteiger partial charge in [0, 0.05) is 26.2 Å². The first kappa shape index (κ1) is 14.7. The average Bonchev–Trinajstić information content (AvgIpc) is 2.57. The number of hydrogen-bond acceptors (Lipinski definition) is 4. The van der Waals surface area contributed by atoms with E-state index in [1.807, 2.05) is 11.8 Å². The molecule has 0 spiro atoms. The Labute approximate surface area is 108 Å². The van der Waals surface area contributed by atoms with Crippen molar-refractivity contribution in [2.24, 2.45) is 0 Å². The predicted molar refractivity (Wildman–Crippen MR) is 66.5 cm³/mol. The summed E-state index contributed by atoms with van der Waals surface area (Å²) in [7, 11) is 0. The summed E-state index contributed by atoms with van der Waals surface area (Å²) in [5.74, 6) is 0.151. The average molecular weight is 265 g/mol. The zero-order valence-electron chi connectivity index (χ0n) is 10.2. The van der Waals surface area contributed by atoms with Gasteiger partial charge in [-0.1, -0.05) is 0 Å². The molecule has 0 aromatic rings. The van der Waals surface area contributed by atoms with E-state index >= 15 is 0 Å². The van der Waals surface area contributed by atoms with Crippen molar-refractivity contribution in [3.63, 3.8) is 0 Å². The minimum absolute atomic E-state index is 0. The SMILES string of the molecule is C[C@H]1OCCN[C@@H]1C(=O)N1CCCOCC1.Cl. The Balaban J connectivity index is 0.00000144. The zero-order valence-corrected chi connectivity index (χ0v) is 11.0. The third-order valence-electron chi connectivity index (χ3n) is 3.12. The number of halogens is 1. The smallest absolute Gasteiger partial charge is 0.242 e. The van der Waals surface area contributed by atoms with Crippen molar-refractivity contribution in [1.29, 1.82) is 0 Å². The number of rotatable bonds is 1. The Morgan fingerprint density at radius 1 is 1.29 bits per heavy atom. The lowest BCUT2D eigenvalue weighted by Crippen LogP contribution is -2.56. The molecule has 0 aromatic heterocycles. The number of carbonyl (C=O) groups is 1. The van der Waals surface area contributed by atoms with Gasteiger partial charge in [0.2, 0.25) is 5.91 Å². The summed E-state index contributed by atoms with van der Waals surface area (Å²) in [6.45, 7) is 6.29. The van der Waals surface area contributed by atoms with Crippen molar-refractivity contribution in [2.45, 2.75) is 25.5 Å². The highest BCUT2D eigenvalue weighted by molar-refractivity contribution is 5.85. The Bertz CT molecular complexity index is 245. The highest BCUT2D eigenvalue weighted by Crippen LogP contribution is 2.09. The molecule has 1 N–H and O–H groups in total. The van der Waals surface area contributed by atoms with Crippen LogP contribution in [-0.4, -0.2) is 62.4 Å². The number of nitrogens with zero attached hydrogens (tertiary/aromatic N) is 1. The van der Waals surface area contributed by atoms with Crippen LogP contribution in [0.15, 0.2) is 0 Å². The fraction of sp³-hybridized carbons (Fsp3) is 0.909. The van der Waals surface area contributed by atoms with Gasteiger partial charge < -0.3 is 19.7 Å². The Morgan fingerprint density at radius 2 is 2.12 bits per heavy atom. The molecule has 2 aliphatic heterocycles. The molecule has 1 amide bonds. The van der Waals surface area contributed by atoms with E-state index < -0.39 is 0 Å². The minimum atomic E-state index is -0.188. The first-order valence-electron chi connectivity index (χ1n) is 6.00. The topological polar surface area (TPSA) is 50.8 Å². The summed E-state index contributed by atoms with van der Waals surface area (Å²) in [5, 5.41) is 3.23. The number of ether oxygens (including phenoxy) is 2. The van der Waals surface area contributed by atoms with E-state index in [4.69, 9.17) is 9.47 Å². The molecule has 0 bridgehead atoms. The van der Waals surface area contributed by atoms with Crippen molar-refractivity contribution in [3.05, 3.63) is 0 Å². The lowest BCUT2D eigenvalue weighted by atomic mass is 10.1. The second-order valence-electron chi connectivity index (χ2n) is 4.30. The second-order valence-corrected chi connectivity index (χ2v) is 4.30. The molecule has 100 valence electrons. The van der Waals surface area contributed by atoms with Crippen molar-refractivity contribution in [2.75, 3.05) is 39.5 Å². The number of morpholine rings is 1. The maximum atomic E-state index is 12.2. The van der Waals surface area contributed by atoms with Gasteiger partial charge in [-0.25, -0.2) is 0 Å². The lowest BCUT2D eigenvalue weighted by Gasteiger charge is -2.33. The Kier molecular flexibility index (Phi) is 6.19. The summed E-state index contributed by atoms with van der Waals surface area (Å²) < 4.78 is 10.8. The van der Waals surface area contributed by atoms with Gasteiger partial charge in [0.25, 0.3) is 0 Å². The Hall–Kier alpha value is -0.360. The van der Waals surface area contributed by atoms with Crippen molar-refractivity contribution >= 4 is 18.3 Å². The van der Waals surface area contributed by atoms with Crippen LogP contribution in [0.25, 0.3) is 0 Å². The predicted octanol–water partition coefficient (Wildman–Crippen LogP) is 0.0340. The third-order valence-corrected chi connectivity index (χ3v) is 3.12. The molecule has 2 atom stereocenters. The van der Waals surface area contributed by atoms with E-state index in [2.05, 4.69) is 5.32 Å². The third kappa shape index (κ3) is 3.81. The van der Waals surface area contributed by atoms with Crippen LogP contribution in [0.3, 0.4) is 0 Å². The summed E-state index contributed by atoms with van der Waals surface area (Å²) in [6.07, 6.45) is 0.888. The van der Waals surface area contributed by atoms with Gasteiger partial charge in [0.15, 0.2) is 0 Å². The highest BCUT2D eigenvalue weighted by atomic mass is 35.5. The molecule has 5 nitrogen and oxygen atoms in total. The summed E-state index contributed by atoms with van der Waals surface area (Å²) in [5.41, 5.74) is 0. The first-order chi connectivity index (χ1) is 7.79. The molecular weight excluding hydrogens is 244 g/mol. The number of carbonyl (C=O) groups excluding carboxylic acids is 1. The number of nitrogens with one attached hydrogen (secondary N) is 1. The highest BCUT2D eigenvalue weighted by Gasteiger charge is 2.31. The van der Waals surface area contributed by atoms with Crippen LogP contribution in [0.5, 0.6) is 0 Å². The summed E-state index contributed by atoms with van der Waals surface area (Å²) in [4.78, 5) is 14.1. The van der Waals surface area contributed by atoms with E-state index in [-0.39, 0.29) is 30.5 Å². The van der Waals surface area contributed by atoms with Crippen LogP contribution < -0.4 is 5.32 Å². The first-order valence-corrected chi connectivity index (χ1v) is 6.00. The number of hydrogen-bond donors (Lipinski definition) is 1. The molecule has 0 unspecified atom stereocenters. The zero-order chi connectivity index (χ0) is 11.4. The maximum absolute atomic E-state index is 12.2. The molecule has 17 heavy (non-hydrogen) atoms. The fourth-order valence-corrected chi connectivity index (χ4v) is 2.17. The standard InChI is InChI=1S/C11H20N2O3.ClH/c1-9-10(12-3-7-16-9)11(14)13-4-2-6-15-8-5-13;/h9-10,12H,2-8H2,1H3;1H/t9-,10+;/m1./s1. The second kappa shape index (κ2) is 7.16. The number of amides is 1. The molecule has 2 fully saturated rings. The van der Waals surface area contributed by atoms with Crippen LogP contribution in [0, 0.1) is 0 Å².